The summed E-state index contributed by atoms with van der Waals surface area (Å²) in [7, 11) is -21.2. The summed E-state index contributed by atoms with van der Waals surface area (Å²) < 4.78 is 42.9. The van der Waals surface area contributed by atoms with Crippen LogP contribution in [0.1, 0.15) is 25.7 Å². The number of hydrogen-bond donors (Lipinski definition) is 12. The molecule has 0 unspecified atom stereocenters. The summed E-state index contributed by atoms with van der Waals surface area (Å²) in [5.41, 5.74) is 10.0. The largest absolute Gasteiger partial charge is 2.00 e. The standard InChI is InChI=1S/2C4H13NO7P2.Ca/c2*5-3-1-2-4(6,13(7,8)9)14(10,11)12;/h2*6H,1-3,5H2,(H2,7,8,9)(H2,10,11,12);/q;;+2. The van der Waals surface area contributed by atoms with E-state index in [9.17, 15) is 28.5 Å². The zero-order valence-corrected chi connectivity index (χ0v) is 20.8. The quantitative estimate of drug-likeness (QED) is 0.0978. The topological polar surface area (TPSA) is 323 Å². The van der Waals surface area contributed by atoms with E-state index in [4.69, 9.17) is 50.6 Å². The minimum absolute atomic E-state index is 0. The fourth-order valence-electron chi connectivity index (χ4n) is 1.60. The second-order valence-corrected chi connectivity index (χ2v) is 13.5. The van der Waals surface area contributed by atoms with Gasteiger partial charge in [0.25, 0.3) is 10.2 Å². The minimum atomic E-state index is -5.30. The van der Waals surface area contributed by atoms with E-state index < -0.39 is 53.4 Å². The van der Waals surface area contributed by atoms with E-state index in [2.05, 4.69) is 0 Å². The third kappa shape index (κ3) is 10.0. The van der Waals surface area contributed by atoms with Crippen molar-refractivity contribution in [2.45, 2.75) is 35.8 Å². The Morgan fingerprint density at radius 2 is 0.724 bits per heavy atom. The summed E-state index contributed by atoms with van der Waals surface area (Å²) in [5.74, 6) is 0. The van der Waals surface area contributed by atoms with Gasteiger partial charge < -0.3 is 60.8 Å². The number of aliphatic hydroxyl groups is 2. The van der Waals surface area contributed by atoms with Gasteiger partial charge in [0.2, 0.25) is 0 Å². The number of rotatable bonds is 10. The summed E-state index contributed by atoms with van der Waals surface area (Å²) in [5, 5.41) is 11.8. The Bertz CT molecular complexity index is 579. The van der Waals surface area contributed by atoms with E-state index in [1.807, 2.05) is 0 Å². The van der Waals surface area contributed by atoms with Gasteiger partial charge in [0, 0.05) is 12.8 Å². The molecule has 14 N–H and O–H groups in total. The maximum atomic E-state index is 10.7. The molecule has 29 heavy (non-hydrogen) atoms. The van der Waals surface area contributed by atoms with Crippen molar-refractivity contribution in [3.8, 4) is 0 Å². The molecule has 0 fully saturated rings. The molecule has 172 valence electrons. The summed E-state index contributed by atoms with van der Waals surface area (Å²) in [6.45, 7) is -0.0788. The molecule has 0 saturated carbocycles. The van der Waals surface area contributed by atoms with Crippen molar-refractivity contribution in [1.29, 1.82) is 0 Å². The molecule has 0 amide bonds. The molecule has 0 aromatic carbocycles. The molecule has 0 aliphatic heterocycles. The van der Waals surface area contributed by atoms with Gasteiger partial charge in [0.1, 0.15) is 0 Å². The Hall–Kier alpha value is 1.70. The van der Waals surface area contributed by atoms with Crippen LogP contribution in [0, 0.1) is 0 Å². The average Bonchev–Trinajstić information content (AvgIpc) is 2.46. The molecule has 0 aliphatic carbocycles. The molecule has 0 rings (SSSR count). The zero-order chi connectivity index (χ0) is 23.2. The average molecular weight is 538 g/mol. The van der Waals surface area contributed by atoms with Crippen LogP contribution in [0.2, 0.25) is 0 Å². The van der Waals surface area contributed by atoms with Crippen LogP contribution in [0.5, 0.6) is 0 Å². The molecule has 0 saturated heterocycles. The fourth-order valence-corrected chi connectivity index (χ4v) is 6.11. The number of hydrogen-bond acceptors (Lipinski definition) is 8. The Morgan fingerprint density at radius 3 is 0.828 bits per heavy atom. The van der Waals surface area contributed by atoms with Gasteiger partial charge in [-0.3, -0.25) is 18.3 Å². The third-order valence-corrected chi connectivity index (χ3v) is 11.1. The molecule has 0 aliphatic rings. The van der Waals surface area contributed by atoms with Gasteiger partial charge in [0.05, 0.1) is 0 Å². The first-order valence-corrected chi connectivity index (χ1v) is 13.6. The molecule has 21 heteroatoms. The van der Waals surface area contributed by atoms with E-state index in [0.717, 1.165) is 0 Å². The molecule has 0 atom stereocenters. The van der Waals surface area contributed by atoms with Crippen LogP contribution < -0.4 is 11.5 Å². The van der Waals surface area contributed by atoms with Crippen LogP contribution >= 0.6 is 30.4 Å². The van der Waals surface area contributed by atoms with Gasteiger partial charge in [-0.15, -0.1) is 0 Å². The van der Waals surface area contributed by atoms with Crippen LogP contribution in [0.25, 0.3) is 0 Å². The molecular formula is C8H26CaN2O14P4+2. The van der Waals surface area contributed by atoms with Gasteiger partial charge >= 0.3 is 68.1 Å². The van der Waals surface area contributed by atoms with Crippen molar-refractivity contribution in [2.75, 3.05) is 13.1 Å². The summed E-state index contributed by atoms with van der Waals surface area (Å²) in [4.78, 5) is 69.0. The van der Waals surface area contributed by atoms with Crippen LogP contribution in [0.3, 0.4) is 0 Å². The minimum Gasteiger partial charge on any atom is -0.368 e. The van der Waals surface area contributed by atoms with Gasteiger partial charge in [-0.05, 0) is 25.9 Å². The van der Waals surface area contributed by atoms with E-state index in [-0.39, 0.29) is 63.7 Å². The first-order chi connectivity index (χ1) is 12.1. The molecule has 0 bridgehead atoms. The molecule has 0 radical (unpaired) electrons. The van der Waals surface area contributed by atoms with Gasteiger partial charge in [-0.25, -0.2) is 0 Å². The summed E-state index contributed by atoms with van der Waals surface area (Å²) in [6, 6.07) is 0. The van der Waals surface area contributed by atoms with E-state index in [0.29, 0.717) is 0 Å². The SMILES string of the molecule is NCCCC(O)(P(=O)(O)O)P(=O)(O)O.NCCCC(O)(P(=O)(O)O)P(=O)(O)O.[Ca+2]. The monoisotopic (exact) mass is 538 g/mol. The molecule has 0 heterocycles. The predicted octanol–water partition coefficient (Wildman–Crippen LogP) is -2.93. The molecular weight excluding hydrogens is 512 g/mol. The van der Waals surface area contributed by atoms with Crippen molar-refractivity contribution in [3.63, 3.8) is 0 Å². The first kappa shape index (κ1) is 35.3. The Kier molecular flexibility index (Phi) is 15.6. The van der Waals surface area contributed by atoms with Crippen molar-refractivity contribution in [2.24, 2.45) is 11.5 Å². The Morgan fingerprint density at radius 1 is 0.552 bits per heavy atom. The van der Waals surface area contributed by atoms with E-state index >= 15 is 0 Å². The molecule has 0 aromatic rings. The van der Waals surface area contributed by atoms with Gasteiger partial charge in [0.15, 0.2) is 0 Å². The molecule has 16 nitrogen and oxygen atoms in total. The predicted molar refractivity (Wildman–Crippen MR) is 100 cm³/mol. The Labute approximate surface area is 195 Å². The second kappa shape index (κ2) is 12.8. The molecule has 0 spiro atoms. The first-order valence-electron chi connectivity index (χ1n) is 7.20. The van der Waals surface area contributed by atoms with Gasteiger partial charge in [-0.2, -0.15) is 0 Å². The Balaban J connectivity index is -0.000000451. The normalized spacial score (nSPS) is 13.9. The maximum absolute atomic E-state index is 10.7. The zero-order valence-electron chi connectivity index (χ0n) is 15.0. The van der Waals surface area contributed by atoms with Crippen LogP contribution in [-0.2, 0) is 18.3 Å². The summed E-state index contributed by atoms with van der Waals surface area (Å²) in [6.07, 6.45) is -1.71. The van der Waals surface area contributed by atoms with Crippen molar-refractivity contribution in [1.82, 2.24) is 0 Å². The maximum Gasteiger partial charge on any atom is 2.00 e. The van der Waals surface area contributed by atoms with Crippen LogP contribution in [0.15, 0.2) is 0 Å². The van der Waals surface area contributed by atoms with Crippen LogP contribution in [-0.4, -0.2) is 110 Å². The smallest absolute Gasteiger partial charge is 0.368 e. The van der Waals surface area contributed by atoms with Gasteiger partial charge in [-0.1, -0.05) is 0 Å². The third-order valence-electron chi connectivity index (χ3n) is 3.30. The van der Waals surface area contributed by atoms with Crippen molar-refractivity contribution in [3.05, 3.63) is 0 Å². The van der Waals surface area contributed by atoms with Crippen molar-refractivity contribution >= 4 is 68.1 Å². The molecule has 0 aromatic heterocycles. The van der Waals surface area contributed by atoms with Crippen LogP contribution in [0.4, 0.5) is 0 Å². The van der Waals surface area contributed by atoms with E-state index in [1.165, 1.54) is 0 Å². The van der Waals surface area contributed by atoms with E-state index in [1.54, 1.807) is 0 Å². The number of nitrogens with two attached hydrogens (primary N) is 2. The fraction of sp³-hybridized carbons (Fsp3) is 1.00. The van der Waals surface area contributed by atoms with Crippen molar-refractivity contribution < 1.29 is 67.6 Å². The second-order valence-electron chi connectivity index (χ2n) is 5.51. The summed E-state index contributed by atoms with van der Waals surface area (Å²) >= 11 is 0.